The number of nitrogens with one attached hydrogen (secondary N) is 2. The molecule has 2 aliphatic rings. The van der Waals surface area contributed by atoms with Crippen LogP contribution in [0.5, 0.6) is 0 Å². The van der Waals surface area contributed by atoms with Crippen molar-refractivity contribution in [2.24, 2.45) is 11.3 Å². The summed E-state index contributed by atoms with van der Waals surface area (Å²) in [6.07, 6.45) is 2.84. The van der Waals surface area contributed by atoms with E-state index in [1.807, 2.05) is 26.0 Å². The van der Waals surface area contributed by atoms with Crippen LogP contribution >= 0.6 is 11.3 Å². The largest absolute Gasteiger partial charge is 0.395 e. The van der Waals surface area contributed by atoms with Gasteiger partial charge in [0.1, 0.15) is 5.00 Å². The Hall–Kier alpha value is -2.26. The zero-order chi connectivity index (χ0) is 26.7. The van der Waals surface area contributed by atoms with Gasteiger partial charge in [0, 0.05) is 43.3 Å². The number of carbonyl (C=O) groups excluding carboxylic acids is 2. The van der Waals surface area contributed by atoms with E-state index in [4.69, 9.17) is 5.11 Å². The van der Waals surface area contributed by atoms with Crippen LogP contribution in [0.1, 0.15) is 59.1 Å². The molecule has 37 heavy (non-hydrogen) atoms. The molecule has 1 saturated heterocycles. The Morgan fingerprint density at radius 2 is 1.78 bits per heavy atom. The van der Waals surface area contributed by atoms with Crippen molar-refractivity contribution in [2.45, 2.75) is 53.9 Å². The molecule has 7 nitrogen and oxygen atoms in total. The third-order valence-corrected chi connectivity index (χ3v) is 9.02. The third-order valence-electron chi connectivity index (χ3n) is 7.85. The van der Waals surface area contributed by atoms with Gasteiger partial charge in [0.05, 0.1) is 18.7 Å². The maximum Gasteiger partial charge on any atom is 0.258 e. The Morgan fingerprint density at radius 1 is 1.08 bits per heavy atom. The number of carbonyl (C=O) groups is 2. The highest BCUT2D eigenvalue weighted by Gasteiger charge is 2.34. The lowest BCUT2D eigenvalue weighted by Gasteiger charge is -2.33. The summed E-state index contributed by atoms with van der Waals surface area (Å²) in [6.45, 7) is 15.3. The zero-order valence-electron chi connectivity index (χ0n) is 22.9. The summed E-state index contributed by atoms with van der Waals surface area (Å²) >= 11 is 1.58. The van der Waals surface area contributed by atoms with Gasteiger partial charge in [-0.15, -0.1) is 11.3 Å². The van der Waals surface area contributed by atoms with Crippen molar-refractivity contribution >= 4 is 33.8 Å². The fourth-order valence-electron chi connectivity index (χ4n) is 5.47. The lowest BCUT2D eigenvalue weighted by molar-refractivity contribution is -0.117. The van der Waals surface area contributed by atoms with E-state index in [2.05, 4.69) is 47.3 Å². The summed E-state index contributed by atoms with van der Waals surface area (Å²) in [5.41, 5.74) is 4.91. The van der Waals surface area contributed by atoms with Crippen LogP contribution in [0.25, 0.3) is 0 Å². The number of thiophene rings is 1. The van der Waals surface area contributed by atoms with Crippen molar-refractivity contribution in [2.75, 3.05) is 56.5 Å². The molecule has 1 aromatic heterocycles. The minimum atomic E-state index is -0.147. The maximum absolute atomic E-state index is 13.7. The van der Waals surface area contributed by atoms with Crippen LogP contribution in [0.2, 0.25) is 0 Å². The molecule has 3 N–H and O–H groups in total. The average Bonchev–Trinajstić information content (AvgIpc) is 3.18. The second kappa shape index (κ2) is 11.6. The van der Waals surface area contributed by atoms with Crippen molar-refractivity contribution in [1.29, 1.82) is 0 Å². The van der Waals surface area contributed by atoms with E-state index in [9.17, 15) is 9.59 Å². The van der Waals surface area contributed by atoms with Crippen LogP contribution in [0, 0.1) is 25.2 Å². The number of aliphatic hydroxyl groups excluding tert-OH is 1. The van der Waals surface area contributed by atoms with Gasteiger partial charge in [-0.05, 0) is 61.6 Å². The predicted molar refractivity (Wildman–Crippen MR) is 152 cm³/mol. The normalized spacial score (nSPS) is 18.9. The Balaban J connectivity index is 1.54. The van der Waals surface area contributed by atoms with Gasteiger partial charge in [0.15, 0.2) is 0 Å². The summed E-state index contributed by atoms with van der Waals surface area (Å²) in [7, 11) is 0. The van der Waals surface area contributed by atoms with E-state index in [1.165, 1.54) is 4.88 Å². The first-order valence-corrected chi connectivity index (χ1v) is 14.3. The lowest BCUT2D eigenvalue weighted by Crippen LogP contribution is -2.49. The molecule has 202 valence electrons. The average molecular weight is 527 g/mol. The van der Waals surface area contributed by atoms with Crippen LogP contribution in [-0.2, 0) is 17.6 Å². The first-order chi connectivity index (χ1) is 17.5. The molecule has 1 aliphatic heterocycles. The summed E-state index contributed by atoms with van der Waals surface area (Å²) in [4.78, 5) is 32.4. The topological polar surface area (TPSA) is 84.9 Å². The molecule has 1 atom stereocenters. The molecule has 0 unspecified atom stereocenters. The number of aryl methyl sites for hydroxylation is 2. The lowest BCUT2D eigenvalue weighted by atomic mass is 9.72. The van der Waals surface area contributed by atoms with Crippen LogP contribution in [-0.4, -0.2) is 72.6 Å². The van der Waals surface area contributed by atoms with Gasteiger partial charge >= 0.3 is 0 Å². The monoisotopic (exact) mass is 526 g/mol. The van der Waals surface area contributed by atoms with E-state index in [0.29, 0.717) is 29.6 Å². The Kier molecular flexibility index (Phi) is 8.74. The van der Waals surface area contributed by atoms with Crippen molar-refractivity contribution in [3.63, 3.8) is 0 Å². The molecular weight excluding hydrogens is 484 g/mol. The van der Waals surface area contributed by atoms with Gasteiger partial charge in [-0.2, -0.15) is 0 Å². The number of anilines is 2. The van der Waals surface area contributed by atoms with Gasteiger partial charge in [0.2, 0.25) is 5.91 Å². The molecule has 0 saturated carbocycles. The number of hydrogen-bond acceptors (Lipinski definition) is 6. The molecule has 1 fully saturated rings. The van der Waals surface area contributed by atoms with Crippen LogP contribution < -0.4 is 10.6 Å². The van der Waals surface area contributed by atoms with Gasteiger partial charge in [-0.25, -0.2) is 0 Å². The molecular formula is C29H42N4O3S. The quantitative estimate of drug-likeness (QED) is 0.501. The van der Waals surface area contributed by atoms with E-state index in [-0.39, 0.29) is 23.8 Å². The van der Waals surface area contributed by atoms with Crippen molar-refractivity contribution in [1.82, 2.24) is 9.80 Å². The second-order valence-corrected chi connectivity index (χ2v) is 12.8. The number of β-amino-alcohol motifs (C(OH)–C–C–N with tert-alkyl or cyclic N) is 1. The van der Waals surface area contributed by atoms with Crippen molar-refractivity contribution in [3.8, 4) is 0 Å². The van der Waals surface area contributed by atoms with Gasteiger partial charge in [-0.1, -0.05) is 38.5 Å². The SMILES string of the molecule is Cc1ccc(NC(=O)c2c(NC(=O)CN3CCN(CCO)CC3)sc3c2CC[C@H](C(C)(C)C)C3)c(C)c1. The number of piperazine rings is 1. The van der Waals surface area contributed by atoms with Gasteiger partial charge < -0.3 is 15.7 Å². The van der Waals surface area contributed by atoms with E-state index >= 15 is 0 Å². The highest BCUT2D eigenvalue weighted by molar-refractivity contribution is 7.17. The van der Waals surface area contributed by atoms with Crippen molar-refractivity contribution < 1.29 is 14.7 Å². The minimum absolute atomic E-state index is 0.0813. The molecule has 0 bridgehead atoms. The number of amides is 2. The molecule has 1 aliphatic carbocycles. The third kappa shape index (κ3) is 6.79. The zero-order valence-corrected chi connectivity index (χ0v) is 23.8. The molecule has 0 spiro atoms. The molecule has 4 rings (SSSR count). The minimum Gasteiger partial charge on any atom is -0.395 e. The first-order valence-electron chi connectivity index (χ1n) is 13.4. The number of hydrogen-bond donors (Lipinski definition) is 3. The Labute approximate surface area is 225 Å². The van der Waals surface area contributed by atoms with Gasteiger partial charge in [0.25, 0.3) is 5.91 Å². The summed E-state index contributed by atoms with van der Waals surface area (Å²) in [5.74, 6) is 0.321. The predicted octanol–water partition coefficient (Wildman–Crippen LogP) is 4.32. The molecule has 0 radical (unpaired) electrons. The maximum atomic E-state index is 13.7. The Bertz CT molecular complexity index is 1130. The smallest absolute Gasteiger partial charge is 0.258 e. The molecule has 1 aromatic carbocycles. The number of rotatable bonds is 7. The van der Waals surface area contributed by atoms with Crippen molar-refractivity contribution in [3.05, 3.63) is 45.3 Å². The summed E-state index contributed by atoms with van der Waals surface area (Å²) in [5, 5.41) is 16.1. The van der Waals surface area contributed by atoms with Crippen LogP contribution in [0.4, 0.5) is 10.7 Å². The number of fused-ring (bicyclic) bond motifs is 1. The van der Waals surface area contributed by atoms with Crippen LogP contribution in [0.15, 0.2) is 18.2 Å². The fraction of sp³-hybridized carbons (Fsp3) is 0.586. The van der Waals surface area contributed by atoms with E-state index in [0.717, 1.165) is 67.8 Å². The number of nitrogens with zero attached hydrogens (tertiary/aromatic N) is 2. The summed E-state index contributed by atoms with van der Waals surface area (Å²) < 4.78 is 0. The number of benzene rings is 1. The molecule has 2 aromatic rings. The molecule has 2 heterocycles. The van der Waals surface area contributed by atoms with Crippen LogP contribution in [0.3, 0.4) is 0 Å². The summed E-state index contributed by atoms with van der Waals surface area (Å²) in [6, 6.07) is 6.02. The Morgan fingerprint density at radius 3 is 2.43 bits per heavy atom. The molecule has 8 heteroatoms. The molecule has 2 amide bonds. The highest BCUT2D eigenvalue weighted by atomic mass is 32.1. The van der Waals surface area contributed by atoms with E-state index < -0.39 is 0 Å². The second-order valence-electron chi connectivity index (χ2n) is 11.7. The first kappa shape index (κ1) is 27.8. The van der Waals surface area contributed by atoms with Gasteiger partial charge in [-0.3, -0.25) is 19.4 Å². The number of aliphatic hydroxyl groups is 1. The highest BCUT2D eigenvalue weighted by Crippen LogP contribution is 2.44. The van der Waals surface area contributed by atoms with E-state index in [1.54, 1.807) is 11.3 Å². The fourth-order valence-corrected chi connectivity index (χ4v) is 6.81. The standard InChI is InChI=1S/C29H42N4O3S/c1-19-6-9-23(20(2)16-19)30-27(36)26-22-8-7-21(29(3,4)5)17-24(22)37-28(26)31-25(35)18-33-12-10-32(11-13-33)14-15-34/h6,9,16,21,34H,7-8,10-15,17-18H2,1-5H3,(H,30,36)(H,31,35)/t21-/m0/s1.